The lowest BCUT2D eigenvalue weighted by molar-refractivity contribution is 0.101. The van der Waals surface area contributed by atoms with Crippen LogP contribution in [0.3, 0.4) is 0 Å². The fourth-order valence-corrected chi connectivity index (χ4v) is 2.15. The number of aryl methyl sites for hydroxylation is 1. The fourth-order valence-electron chi connectivity index (χ4n) is 1.55. The van der Waals surface area contributed by atoms with Gasteiger partial charge in [-0.15, -0.1) is 11.3 Å². The molecule has 1 N–H and O–H groups in total. The normalized spacial score (nSPS) is 10.6. The van der Waals surface area contributed by atoms with Gasteiger partial charge in [0.05, 0.1) is 22.8 Å². The molecule has 2 rings (SSSR count). The topological polar surface area (TPSA) is 84.8 Å². The molecule has 0 unspecified atom stereocenters. The number of aromatic nitrogens is 3. The van der Waals surface area contributed by atoms with Crippen LogP contribution in [0.25, 0.3) is 0 Å². The number of hydrogen-bond donors (Lipinski definition) is 1. The Kier molecular flexibility index (Phi) is 3.24. The van der Waals surface area contributed by atoms with Crippen molar-refractivity contribution in [2.75, 3.05) is 0 Å². The Labute approximate surface area is 106 Å². The minimum atomic E-state index is -0.586. The average molecular weight is 265 g/mol. The number of aromatic amines is 1. The van der Waals surface area contributed by atoms with Crippen molar-refractivity contribution >= 4 is 17.1 Å². The molecule has 0 spiro atoms. The zero-order valence-corrected chi connectivity index (χ0v) is 10.7. The van der Waals surface area contributed by atoms with Crippen molar-refractivity contribution in [2.24, 2.45) is 0 Å². The summed E-state index contributed by atoms with van der Waals surface area (Å²) in [7, 11) is 0. The van der Waals surface area contributed by atoms with Gasteiger partial charge in [0, 0.05) is 11.6 Å². The third-order valence-corrected chi connectivity index (χ3v) is 3.25. The second-order valence-corrected chi connectivity index (χ2v) is 4.88. The number of rotatable bonds is 3. The SMILES string of the molecule is CC(=O)c1c[nH]c(=O)n(Cc2csc(C)n2)c1=O. The van der Waals surface area contributed by atoms with Gasteiger partial charge in [-0.05, 0) is 13.8 Å². The monoisotopic (exact) mass is 265 g/mol. The molecular weight excluding hydrogens is 254 g/mol. The van der Waals surface area contributed by atoms with Crippen LogP contribution in [0, 0.1) is 6.92 Å². The summed E-state index contributed by atoms with van der Waals surface area (Å²) in [6.07, 6.45) is 1.15. The predicted octanol–water partition coefficient (Wildman–Crippen LogP) is 0.552. The molecule has 2 aromatic rings. The second kappa shape index (κ2) is 4.69. The smallest absolute Gasteiger partial charge is 0.313 e. The summed E-state index contributed by atoms with van der Waals surface area (Å²) in [6.45, 7) is 3.19. The Morgan fingerprint density at radius 1 is 1.50 bits per heavy atom. The summed E-state index contributed by atoms with van der Waals surface area (Å²) in [6, 6.07) is 0. The Balaban J connectivity index is 2.50. The first-order valence-corrected chi connectivity index (χ1v) is 6.11. The standard InChI is InChI=1S/C11H11N3O3S/c1-6(15)9-3-12-11(17)14(10(9)16)4-8-5-18-7(2)13-8/h3,5H,4H2,1-2H3,(H,12,17). The van der Waals surface area contributed by atoms with Crippen LogP contribution in [-0.4, -0.2) is 20.3 Å². The molecule has 0 aromatic carbocycles. The van der Waals surface area contributed by atoms with E-state index < -0.39 is 11.2 Å². The van der Waals surface area contributed by atoms with Gasteiger partial charge in [-0.3, -0.25) is 14.2 Å². The van der Waals surface area contributed by atoms with Crippen molar-refractivity contribution in [3.8, 4) is 0 Å². The first kappa shape index (κ1) is 12.4. The molecule has 2 heterocycles. The van der Waals surface area contributed by atoms with Gasteiger partial charge in [0.15, 0.2) is 5.78 Å². The van der Waals surface area contributed by atoms with Crippen LogP contribution in [0.15, 0.2) is 21.2 Å². The molecule has 18 heavy (non-hydrogen) atoms. The van der Waals surface area contributed by atoms with Gasteiger partial charge in [0.2, 0.25) is 0 Å². The van der Waals surface area contributed by atoms with Crippen LogP contribution < -0.4 is 11.2 Å². The minimum Gasteiger partial charge on any atom is -0.313 e. The van der Waals surface area contributed by atoms with E-state index in [1.165, 1.54) is 18.3 Å². The summed E-state index contributed by atoms with van der Waals surface area (Å²) >= 11 is 1.44. The molecule has 0 aliphatic heterocycles. The van der Waals surface area contributed by atoms with Crippen molar-refractivity contribution in [3.63, 3.8) is 0 Å². The lowest BCUT2D eigenvalue weighted by atomic mass is 10.2. The number of hydrogen-bond acceptors (Lipinski definition) is 5. The molecule has 7 heteroatoms. The number of Topliss-reactive ketones (excluding diaryl/α,β-unsaturated/α-hetero) is 1. The maximum atomic E-state index is 11.9. The lowest BCUT2D eigenvalue weighted by Crippen LogP contribution is -2.38. The minimum absolute atomic E-state index is 0.0263. The van der Waals surface area contributed by atoms with Crippen molar-refractivity contribution in [3.05, 3.63) is 48.7 Å². The van der Waals surface area contributed by atoms with Gasteiger partial charge in [0.25, 0.3) is 5.56 Å². The highest BCUT2D eigenvalue weighted by Gasteiger charge is 2.12. The van der Waals surface area contributed by atoms with Gasteiger partial charge in [-0.2, -0.15) is 0 Å². The third kappa shape index (κ3) is 2.30. The zero-order valence-electron chi connectivity index (χ0n) is 9.89. The van der Waals surface area contributed by atoms with E-state index in [2.05, 4.69) is 9.97 Å². The number of ketones is 1. The number of nitrogens with one attached hydrogen (secondary N) is 1. The van der Waals surface area contributed by atoms with Crippen LogP contribution in [0.4, 0.5) is 0 Å². The second-order valence-electron chi connectivity index (χ2n) is 3.81. The number of carbonyl (C=O) groups is 1. The first-order valence-electron chi connectivity index (χ1n) is 5.23. The molecule has 2 aromatic heterocycles. The van der Waals surface area contributed by atoms with Crippen LogP contribution in [0.2, 0.25) is 0 Å². The van der Waals surface area contributed by atoms with E-state index in [9.17, 15) is 14.4 Å². The van der Waals surface area contributed by atoms with E-state index in [1.807, 2.05) is 6.92 Å². The number of nitrogens with zero attached hydrogens (tertiary/aromatic N) is 2. The first-order chi connectivity index (χ1) is 8.49. The van der Waals surface area contributed by atoms with Crippen LogP contribution in [-0.2, 0) is 6.54 Å². The Morgan fingerprint density at radius 3 is 2.78 bits per heavy atom. The molecule has 94 valence electrons. The van der Waals surface area contributed by atoms with Crippen molar-refractivity contribution in [1.29, 1.82) is 0 Å². The number of thiazole rings is 1. The largest absolute Gasteiger partial charge is 0.328 e. The van der Waals surface area contributed by atoms with Gasteiger partial charge < -0.3 is 4.98 Å². The summed E-state index contributed by atoms with van der Waals surface area (Å²) < 4.78 is 0.977. The average Bonchev–Trinajstić information content (AvgIpc) is 2.69. The van der Waals surface area contributed by atoms with E-state index >= 15 is 0 Å². The summed E-state index contributed by atoms with van der Waals surface area (Å²) in [5.41, 5.74) is -0.528. The van der Waals surface area contributed by atoms with E-state index in [1.54, 1.807) is 5.38 Å². The molecule has 0 bridgehead atoms. The maximum absolute atomic E-state index is 11.9. The van der Waals surface area contributed by atoms with E-state index in [-0.39, 0.29) is 17.9 Å². The number of carbonyl (C=O) groups excluding carboxylic acids is 1. The van der Waals surface area contributed by atoms with Gasteiger partial charge in [-0.25, -0.2) is 9.78 Å². The Bertz CT molecular complexity index is 711. The number of H-pyrrole nitrogens is 1. The van der Waals surface area contributed by atoms with Crippen molar-refractivity contribution < 1.29 is 4.79 Å². The third-order valence-electron chi connectivity index (χ3n) is 2.43. The molecule has 0 amide bonds. The van der Waals surface area contributed by atoms with E-state index in [4.69, 9.17) is 0 Å². The molecule has 0 aliphatic rings. The summed E-state index contributed by atoms with van der Waals surface area (Å²) in [4.78, 5) is 41.3. The lowest BCUT2D eigenvalue weighted by Gasteiger charge is -2.03. The van der Waals surface area contributed by atoms with Crippen LogP contribution in [0.5, 0.6) is 0 Å². The Morgan fingerprint density at radius 2 is 2.22 bits per heavy atom. The van der Waals surface area contributed by atoms with E-state index in [0.29, 0.717) is 5.69 Å². The predicted molar refractivity (Wildman–Crippen MR) is 67.3 cm³/mol. The molecular formula is C11H11N3O3S. The zero-order chi connectivity index (χ0) is 13.3. The highest BCUT2D eigenvalue weighted by molar-refractivity contribution is 7.09. The van der Waals surface area contributed by atoms with Gasteiger partial charge in [-0.1, -0.05) is 0 Å². The summed E-state index contributed by atoms with van der Waals surface area (Å²) in [5.74, 6) is -0.376. The fraction of sp³-hybridized carbons (Fsp3) is 0.273. The quantitative estimate of drug-likeness (QED) is 0.821. The maximum Gasteiger partial charge on any atom is 0.328 e. The Hall–Kier alpha value is -2.02. The van der Waals surface area contributed by atoms with Gasteiger partial charge in [0.1, 0.15) is 0 Å². The van der Waals surface area contributed by atoms with Crippen molar-refractivity contribution in [1.82, 2.24) is 14.5 Å². The highest BCUT2D eigenvalue weighted by Crippen LogP contribution is 2.07. The molecule has 6 nitrogen and oxygen atoms in total. The molecule has 0 atom stereocenters. The summed E-state index contributed by atoms with van der Waals surface area (Å²) in [5, 5.41) is 2.64. The molecule has 0 radical (unpaired) electrons. The molecule has 0 fully saturated rings. The highest BCUT2D eigenvalue weighted by atomic mass is 32.1. The molecule has 0 saturated carbocycles. The van der Waals surface area contributed by atoms with E-state index in [0.717, 1.165) is 15.8 Å². The molecule has 0 aliphatic carbocycles. The van der Waals surface area contributed by atoms with Crippen LogP contribution >= 0.6 is 11.3 Å². The van der Waals surface area contributed by atoms with Crippen LogP contribution in [0.1, 0.15) is 28.0 Å². The van der Waals surface area contributed by atoms with Crippen molar-refractivity contribution in [2.45, 2.75) is 20.4 Å². The molecule has 0 saturated heterocycles. The van der Waals surface area contributed by atoms with Gasteiger partial charge >= 0.3 is 5.69 Å².